The maximum Gasteiger partial charge on any atom is 0.300 e. The van der Waals surface area contributed by atoms with Crippen molar-refractivity contribution in [3.8, 4) is 0 Å². The van der Waals surface area contributed by atoms with E-state index in [1.54, 1.807) is 6.07 Å². The molecule has 0 aliphatic carbocycles. The number of carbonyl (C=O) groups excluding carboxylic acids is 1. The second-order valence-electron chi connectivity index (χ2n) is 3.17. The number of aryl methyl sites for hydroxylation is 1. The van der Waals surface area contributed by atoms with Crippen LogP contribution in [0.5, 0.6) is 0 Å². The van der Waals surface area contributed by atoms with Gasteiger partial charge in [0.15, 0.2) is 0 Å². The van der Waals surface area contributed by atoms with Crippen molar-refractivity contribution >= 4 is 23.5 Å². The van der Waals surface area contributed by atoms with E-state index in [0.717, 1.165) is 18.9 Å². The number of carboxylic acids is 1. The topological polar surface area (TPSA) is 66.4 Å². The van der Waals surface area contributed by atoms with E-state index in [0.29, 0.717) is 5.56 Å². The zero-order valence-corrected chi connectivity index (χ0v) is 10.6. The molecule has 0 saturated carbocycles. The van der Waals surface area contributed by atoms with Crippen LogP contribution in [0.2, 0.25) is 0 Å². The summed E-state index contributed by atoms with van der Waals surface area (Å²) in [6.07, 6.45) is 0.853. The SMILES string of the molecule is CC(=O)O.CCc1ccccc1C(=O)NCCl. The zero-order valence-electron chi connectivity index (χ0n) is 9.87. The molecule has 4 nitrogen and oxygen atoms in total. The van der Waals surface area contributed by atoms with Gasteiger partial charge in [-0.3, -0.25) is 9.59 Å². The molecule has 0 radical (unpaired) electrons. The summed E-state index contributed by atoms with van der Waals surface area (Å²) in [5.74, 6) is -0.938. The van der Waals surface area contributed by atoms with Gasteiger partial charge in [0.05, 0.1) is 6.00 Å². The van der Waals surface area contributed by atoms with E-state index in [9.17, 15) is 4.79 Å². The Morgan fingerprint density at radius 3 is 2.35 bits per heavy atom. The van der Waals surface area contributed by atoms with Crippen molar-refractivity contribution in [3.63, 3.8) is 0 Å². The first-order valence-electron chi connectivity index (χ1n) is 5.14. The van der Waals surface area contributed by atoms with E-state index in [2.05, 4.69) is 5.32 Å². The molecule has 1 amide bonds. The molecule has 2 N–H and O–H groups in total. The summed E-state index contributed by atoms with van der Waals surface area (Å²) < 4.78 is 0. The van der Waals surface area contributed by atoms with Gasteiger partial charge in [0.25, 0.3) is 11.9 Å². The minimum absolute atomic E-state index is 0.104. The molecular weight excluding hydrogens is 242 g/mol. The zero-order chi connectivity index (χ0) is 13.3. The molecule has 1 aromatic rings. The number of alkyl halides is 1. The molecule has 0 aromatic heterocycles. The van der Waals surface area contributed by atoms with Gasteiger partial charge in [-0.25, -0.2) is 0 Å². The predicted molar refractivity (Wildman–Crippen MR) is 67.3 cm³/mol. The first-order valence-corrected chi connectivity index (χ1v) is 5.68. The number of hydrogen-bond acceptors (Lipinski definition) is 2. The Labute approximate surface area is 106 Å². The Bertz CT molecular complexity index is 376. The van der Waals surface area contributed by atoms with Gasteiger partial charge < -0.3 is 10.4 Å². The van der Waals surface area contributed by atoms with Crippen LogP contribution in [-0.2, 0) is 11.2 Å². The van der Waals surface area contributed by atoms with Gasteiger partial charge in [-0.15, -0.1) is 11.6 Å². The highest BCUT2D eigenvalue weighted by Gasteiger charge is 2.07. The Hall–Kier alpha value is -1.55. The molecule has 0 heterocycles. The van der Waals surface area contributed by atoms with Crippen LogP contribution in [0.15, 0.2) is 24.3 Å². The van der Waals surface area contributed by atoms with Gasteiger partial charge in [-0.2, -0.15) is 0 Å². The molecule has 0 aliphatic rings. The van der Waals surface area contributed by atoms with Gasteiger partial charge in [0.1, 0.15) is 0 Å². The summed E-state index contributed by atoms with van der Waals surface area (Å²) in [5.41, 5.74) is 1.76. The monoisotopic (exact) mass is 257 g/mol. The first kappa shape index (κ1) is 15.4. The van der Waals surface area contributed by atoms with Crippen LogP contribution in [-0.4, -0.2) is 23.0 Å². The van der Waals surface area contributed by atoms with Crippen LogP contribution in [0, 0.1) is 0 Å². The fraction of sp³-hybridized carbons (Fsp3) is 0.333. The number of amides is 1. The number of halogens is 1. The average molecular weight is 258 g/mol. The number of rotatable bonds is 3. The molecule has 0 bridgehead atoms. The van der Waals surface area contributed by atoms with Crippen LogP contribution in [0.1, 0.15) is 29.8 Å². The van der Waals surface area contributed by atoms with Crippen molar-refractivity contribution in [1.82, 2.24) is 5.32 Å². The third kappa shape index (κ3) is 6.58. The average Bonchev–Trinajstić information content (AvgIpc) is 2.28. The van der Waals surface area contributed by atoms with Crippen LogP contribution in [0.25, 0.3) is 0 Å². The lowest BCUT2D eigenvalue weighted by Crippen LogP contribution is -2.22. The number of benzene rings is 1. The molecule has 1 aromatic carbocycles. The number of nitrogens with one attached hydrogen (secondary N) is 1. The summed E-state index contributed by atoms with van der Waals surface area (Å²) in [5, 5.41) is 9.98. The summed E-state index contributed by atoms with van der Waals surface area (Å²) >= 11 is 5.41. The van der Waals surface area contributed by atoms with Crippen molar-refractivity contribution in [1.29, 1.82) is 0 Å². The maximum absolute atomic E-state index is 11.4. The smallest absolute Gasteiger partial charge is 0.300 e. The van der Waals surface area contributed by atoms with E-state index < -0.39 is 5.97 Å². The Morgan fingerprint density at radius 1 is 1.35 bits per heavy atom. The first-order chi connectivity index (χ1) is 8.02. The molecule has 17 heavy (non-hydrogen) atoms. The molecule has 0 fully saturated rings. The minimum atomic E-state index is -0.833. The molecule has 5 heteroatoms. The molecule has 0 spiro atoms. The lowest BCUT2D eigenvalue weighted by Gasteiger charge is -2.05. The fourth-order valence-corrected chi connectivity index (χ4v) is 1.33. The van der Waals surface area contributed by atoms with Crippen LogP contribution in [0.3, 0.4) is 0 Å². The van der Waals surface area contributed by atoms with Gasteiger partial charge in [0, 0.05) is 12.5 Å². The highest BCUT2D eigenvalue weighted by Crippen LogP contribution is 2.08. The quantitative estimate of drug-likeness (QED) is 0.645. The highest BCUT2D eigenvalue weighted by atomic mass is 35.5. The van der Waals surface area contributed by atoms with Gasteiger partial charge in [-0.05, 0) is 18.1 Å². The van der Waals surface area contributed by atoms with Gasteiger partial charge in [-0.1, -0.05) is 25.1 Å². The molecule has 0 aliphatic heterocycles. The van der Waals surface area contributed by atoms with Crippen molar-refractivity contribution in [3.05, 3.63) is 35.4 Å². The second-order valence-corrected chi connectivity index (χ2v) is 3.44. The number of carbonyl (C=O) groups is 2. The summed E-state index contributed by atoms with van der Waals surface area (Å²) in [4.78, 5) is 20.4. The van der Waals surface area contributed by atoms with E-state index in [4.69, 9.17) is 21.5 Å². The van der Waals surface area contributed by atoms with Crippen LogP contribution < -0.4 is 5.32 Å². The molecular formula is C12H16ClNO3. The summed E-state index contributed by atoms with van der Waals surface area (Å²) in [6, 6.07) is 7.68. The van der Waals surface area contributed by atoms with Crippen molar-refractivity contribution in [2.45, 2.75) is 20.3 Å². The number of aliphatic carboxylic acids is 1. The fourth-order valence-electron chi connectivity index (χ4n) is 1.21. The largest absolute Gasteiger partial charge is 0.481 e. The summed E-state index contributed by atoms with van der Waals surface area (Å²) in [6.45, 7) is 3.10. The molecule has 0 atom stereocenters. The van der Waals surface area contributed by atoms with Crippen molar-refractivity contribution < 1.29 is 14.7 Å². The normalized spacial score (nSPS) is 8.88. The van der Waals surface area contributed by atoms with Gasteiger partial charge in [0.2, 0.25) is 0 Å². The molecule has 0 unspecified atom stereocenters. The van der Waals surface area contributed by atoms with E-state index >= 15 is 0 Å². The van der Waals surface area contributed by atoms with Crippen molar-refractivity contribution in [2.24, 2.45) is 0 Å². The number of carboxylic acid groups (broad SMARTS) is 1. The van der Waals surface area contributed by atoms with E-state index in [1.165, 1.54) is 0 Å². The Morgan fingerprint density at radius 2 is 1.88 bits per heavy atom. The summed E-state index contributed by atoms with van der Waals surface area (Å²) in [7, 11) is 0. The van der Waals surface area contributed by atoms with Crippen LogP contribution >= 0.6 is 11.6 Å². The molecule has 0 saturated heterocycles. The third-order valence-electron chi connectivity index (χ3n) is 1.87. The lowest BCUT2D eigenvalue weighted by atomic mass is 10.1. The highest BCUT2D eigenvalue weighted by molar-refractivity contribution is 6.19. The second kappa shape index (κ2) is 8.58. The maximum atomic E-state index is 11.4. The Balaban J connectivity index is 0.000000557. The van der Waals surface area contributed by atoms with Crippen molar-refractivity contribution in [2.75, 3.05) is 6.00 Å². The molecule has 1 rings (SSSR count). The van der Waals surface area contributed by atoms with Crippen LogP contribution in [0.4, 0.5) is 0 Å². The standard InChI is InChI=1S/C10H12ClNO.C2H4O2/c1-2-8-5-3-4-6-9(8)10(13)12-7-11;1-2(3)4/h3-6H,2,7H2,1H3,(H,12,13);1H3,(H,3,4). The number of hydrogen-bond donors (Lipinski definition) is 2. The minimum Gasteiger partial charge on any atom is -0.481 e. The third-order valence-corrected chi connectivity index (χ3v) is 2.00. The van der Waals surface area contributed by atoms with Gasteiger partial charge >= 0.3 is 0 Å². The van der Waals surface area contributed by atoms with E-state index in [1.807, 2.05) is 25.1 Å². The lowest BCUT2D eigenvalue weighted by molar-refractivity contribution is -0.134. The molecule has 94 valence electrons. The predicted octanol–water partition coefficient (Wildman–Crippen LogP) is 2.27. The van der Waals surface area contributed by atoms with E-state index in [-0.39, 0.29) is 11.9 Å². The Kier molecular flexibility index (Phi) is 7.80.